The van der Waals surface area contributed by atoms with Gasteiger partial charge in [-0.15, -0.1) is 0 Å². The molecule has 0 N–H and O–H groups in total. The van der Waals surface area contributed by atoms with Crippen molar-refractivity contribution < 1.29 is 0 Å². The average molecular weight is 640 g/mol. The van der Waals surface area contributed by atoms with Crippen molar-refractivity contribution in [2.45, 2.75) is 0 Å². The van der Waals surface area contributed by atoms with E-state index in [-0.39, 0.29) is 0 Å². The Balaban J connectivity index is 1.11. The highest BCUT2D eigenvalue weighted by Crippen LogP contribution is 2.35. The van der Waals surface area contributed by atoms with Crippen molar-refractivity contribution in [1.82, 2.24) is 24.1 Å². The third-order valence-electron chi connectivity index (χ3n) is 9.57. The summed E-state index contributed by atoms with van der Waals surface area (Å²) < 4.78 is 4.64. The largest absolute Gasteiger partial charge is 0.309 e. The third-order valence-corrected chi connectivity index (χ3v) is 9.57. The summed E-state index contributed by atoms with van der Waals surface area (Å²) in [4.78, 5) is 15.1. The molecule has 10 rings (SSSR count). The van der Waals surface area contributed by atoms with Crippen LogP contribution in [0.1, 0.15) is 0 Å². The molecular weight excluding hydrogens is 611 g/mol. The predicted octanol–water partition coefficient (Wildman–Crippen LogP) is 11.1. The van der Waals surface area contributed by atoms with Crippen molar-refractivity contribution in [2.75, 3.05) is 0 Å². The van der Waals surface area contributed by atoms with Crippen LogP contribution >= 0.6 is 0 Å². The maximum Gasteiger partial charge on any atom is 0.164 e. The molecule has 0 saturated carbocycles. The Kier molecular flexibility index (Phi) is 6.42. The van der Waals surface area contributed by atoms with Crippen molar-refractivity contribution in [3.63, 3.8) is 0 Å². The normalized spacial score (nSPS) is 11.6. The standard InChI is InChI=1S/C45H29N5/c1-2-13-30(14-3-1)43-46-44(31-25-27-33(28-26-31)49-39-21-8-4-17-35(39)36-18-5-9-22-40(36)49)48-45(47-43)32-15-12-16-34(29-32)50-41-23-10-6-19-37(41)38-20-7-11-24-42(38)50/h1-29H. The lowest BCUT2D eigenvalue weighted by atomic mass is 10.1. The summed E-state index contributed by atoms with van der Waals surface area (Å²) in [5.41, 5.74) is 9.61. The number of para-hydroxylation sites is 4. The van der Waals surface area contributed by atoms with E-state index in [0.29, 0.717) is 17.5 Å². The summed E-state index contributed by atoms with van der Waals surface area (Å²) >= 11 is 0. The van der Waals surface area contributed by atoms with Gasteiger partial charge < -0.3 is 9.13 Å². The number of benzene rings is 7. The summed E-state index contributed by atoms with van der Waals surface area (Å²) in [6.07, 6.45) is 0. The first-order chi connectivity index (χ1) is 24.8. The first-order valence-electron chi connectivity index (χ1n) is 16.8. The number of fused-ring (bicyclic) bond motifs is 6. The summed E-state index contributed by atoms with van der Waals surface area (Å²) in [6, 6.07) is 61.4. The molecule has 0 atom stereocenters. The molecule has 0 amide bonds. The number of hydrogen-bond donors (Lipinski definition) is 0. The van der Waals surface area contributed by atoms with Crippen LogP contribution in [0.25, 0.3) is 89.2 Å². The van der Waals surface area contributed by atoms with Crippen LogP contribution in [0.5, 0.6) is 0 Å². The second-order valence-electron chi connectivity index (χ2n) is 12.5. The van der Waals surface area contributed by atoms with E-state index in [1.807, 2.05) is 30.3 Å². The van der Waals surface area contributed by atoms with Crippen molar-refractivity contribution >= 4 is 43.6 Å². The molecule has 0 aliphatic carbocycles. The van der Waals surface area contributed by atoms with Gasteiger partial charge in [-0.25, -0.2) is 15.0 Å². The van der Waals surface area contributed by atoms with E-state index in [2.05, 4.69) is 155 Å². The molecule has 234 valence electrons. The molecule has 7 aromatic carbocycles. The molecule has 5 heteroatoms. The summed E-state index contributed by atoms with van der Waals surface area (Å²) in [5.74, 6) is 1.90. The van der Waals surface area contributed by atoms with Crippen LogP contribution < -0.4 is 0 Å². The third kappa shape index (κ3) is 4.52. The Morgan fingerprint density at radius 1 is 0.280 bits per heavy atom. The topological polar surface area (TPSA) is 48.5 Å². The minimum atomic E-state index is 0.628. The quantitative estimate of drug-likeness (QED) is 0.188. The van der Waals surface area contributed by atoms with Gasteiger partial charge in [-0.1, -0.05) is 115 Å². The molecule has 0 aliphatic rings. The van der Waals surface area contributed by atoms with Gasteiger partial charge in [0.15, 0.2) is 17.5 Å². The Hall–Kier alpha value is -6.85. The highest BCUT2D eigenvalue weighted by Gasteiger charge is 2.16. The molecule has 0 radical (unpaired) electrons. The highest BCUT2D eigenvalue weighted by atomic mass is 15.0. The van der Waals surface area contributed by atoms with Gasteiger partial charge in [0.05, 0.1) is 22.1 Å². The van der Waals surface area contributed by atoms with E-state index in [0.717, 1.165) is 39.1 Å². The fraction of sp³-hybridized carbons (Fsp3) is 0. The lowest BCUT2D eigenvalue weighted by molar-refractivity contribution is 1.07. The van der Waals surface area contributed by atoms with Gasteiger partial charge in [0, 0.05) is 49.6 Å². The molecular formula is C45H29N5. The van der Waals surface area contributed by atoms with Gasteiger partial charge >= 0.3 is 0 Å². The highest BCUT2D eigenvalue weighted by molar-refractivity contribution is 6.10. The van der Waals surface area contributed by atoms with Gasteiger partial charge in [-0.2, -0.15) is 0 Å². The fourth-order valence-corrected chi connectivity index (χ4v) is 7.30. The van der Waals surface area contributed by atoms with Crippen LogP contribution in [-0.4, -0.2) is 24.1 Å². The SMILES string of the molecule is c1ccc(-c2nc(-c3ccc(-n4c5ccccc5c5ccccc54)cc3)nc(-c3cccc(-n4c5ccccc5c5ccccc54)c3)n2)cc1. The van der Waals surface area contributed by atoms with Gasteiger partial charge in [0.1, 0.15) is 0 Å². The van der Waals surface area contributed by atoms with Gasteiger partial charge in [0.25, 0.3) is 0 Å². The van der Waals surface area contributed by atoms with Crippen LogP contribution in [0, 0.1) is 0 Å². The Bertz CT molecular complexity index is 2760. The Morgan fingerprint density at radius 2 is 0.660 bits per heavy atom. The number of hydrogen-bond acceptors (Lipinski definition) is 3. The van der Waals surface area contributed by atoms with Crippen LogP contribution in [-0.2, 0) is 0 Å². The molecule has 0 aliphatic heterocycles. The molecule has 0 fully saturated rings. The van der Waals surface area contributed by atoms with E-state index < -0.39 is 0 Å². The van der Waals surface area contributed by atoms with E-state index in [4.69, 9.17) is 15.0 Å². The zero-order valence-corrected chi connectivity index (χ0v) is 27.0. The Morgan fingerprint density at radius 3 is 1.16 bits per heavy atom. The monoisotopic (exact) mass is 639 g/mol. The van der Waals surface area contributed by atoms with E-state index in [1.54, 1.807) is 0 Å². The molecule has 0 saturated heterocycles. The minimum Gasteiger partial charge on any atom is -0.309 e. The fourth-order valence-electron chi connectivity index (χ4n) is 7.30. The predicted molar refractivity (Wildman–Crippen MR) is 205 cm³/mol. The second kappa shape index (κ2) is 11.4. The molecule has 3 heterocycles. The van der Waals surface area contributed by atoms with E-state index in [9.17, 15) is 0 Å². The number of rotatable bonds is 5. The maximum atomic E-state index is 5.10. The van der Waals surface area contributed by atoms with Crippen molar-refractivity contribution in [3.05, 3.63) is 176 Å². The minimum absolute atomic E-state index is 0.628. The molecule has 50 heavy (non-hydrogen) atoms. The second-order valence-corrected chi connectivity index (χ2v) is 12.5. The smallest absolute Gasteiger partial charge is 0.164 e. The maximum absolute atomic E-state index is 5.10. The lowest BCUT2D eigenvalue weighted by Gasteiger charge is -2.12. The average Bonchev–Trinajstić information content (AvgIpc) is 3.71. The molecule has 10 aromatic rings. The van der Waals surface area contributed by atoms with Crippen molar-refractivity contribution in [2.24, 2.45) is 0 Å². The molecule has 3 aromatic heterocycles. The Labute approximate surface area is 288 Å². The first-order valence-corrected chi connectivity index (χ1v) is 16.8. The van der Waals surface area contributed by atoms with Gasteiger partial charge in [0.2, 0.25) is 0 Å². The van der Waals surface area contributed by atoms with Gasteiger partial charge in [-0.05, 0) is 60.7 Å². The van der Waals surface area contributed by atoms with Crippen molar-refractivity contribution in [3.8, 4) is 45.5 Å². The summed E-state index contributed by atoms with van der Waals surface area (Å²) in [6.45, 7) is 0. The first kappa shape index (κ1) is 28.2. The van der Waals surface area contributed by atoms with Crippen LogP contribution in [0.15, 0.2) is 176 Å². The van der Waals surface area contributed by atoms with E-state index in [1.165, 1.54) is 32.6 Å². The van der Waals surface area contributed by atoms with Crippen LogP contribution in [0.2, 0.25) is 0 Å². The van der Waals surface area contributed by atoms with Crippen molar-refractivity contribution in [1.29, 1.82) is 0 Å². The number of nitrogens with zero attached hydrogens (tertiary/aromatic N) is 5. The summed E-state index contributed by atoms with van der Waals surface area (Å²) in [7, 11) is 0. The molecule has 5 nitrogen and oxygen atoms in total. The van der Waals surface area contributed by atoms with Crippen LogP contribution in [0.3, 0.4) is 0 Å². The molecule has 0 spiro atoms. The molecule has 0 unspecified atom stereocenters. The summed E-state index contributed by atoms with van der Waals surface area (Å²) in [5, 5.41) is 4.94. The number of aromatic nitrogens is 5. The zero-order chi connectivity index (χ0) is 33.0. The van der Waals surface area contributed by atoms with Gasteiger partial charge in [-0.3, -0.25) is 0 Å². The molecule has 0 bridgehead atoms. The lowest BCUT2D eigenvalue weighted by Crippen LogP contribution is -2.01. The zero-order valence-electron chi connectivity index (χ0n) is 27.0. The van der Waals surface area contributed by atoms with E-state index >= 15 is 0 Å². The van der Waals surface area contributed by atoms with Crippen LogP contribution in [0.4, 0.5) is 0 Å².